The Balaban J connectivity index is 1.58. The summed E-state index contributed by atoms with van der Waals surface area (Å²) in [5.74, 6) is 0. The van der Waals surface area contributed by atoms with Gasteiger partial charge in [-0.1, -0.05) is 42.5 Å². The minimum atomic E-state index is -0.232. The van der Waals surface area contributed by atoms with Crippen molar-refractivity contribution < 1.29 is 4.74 Å². The first kappa shape index (κ1) is 18.4. The topological polar surface area (TPSA) is 45.3 Å². The lowest BCUT2D eigenvalue weighted by molar-refractivity contribution is 0.134. The van der Waals surface area contributed by atoms with E-state index in [-0.39, 0.29) is 5.54 Å². The standard InChI is InChI=1S/C21H25N3OS/c1-3-25-14-16-9-11-18(12-10-16)23-20(26)24-21(2)13-19(22-15-21)17-7-5-4-6-8-17/h4-13,22H,3,14-15H2,1-2H3,(H2,23,24,26). The number of ether oxygens (including phenoxy) is 1. The highest BCUT2D eigenvalue weighted by molar-refractivity contribution is 7.80. The van der Waals surface area contributed by atoms with Crippen LogP contribution in [0.1, 0.15) is 25.0 Å². The Morgan fingerprint density at radius 3 is 2.58 bits per heavy atom. The van der Waals surface area contributed by atoms with Crippen LogP contribution in [-0.4, -0.2) is 23.8 Å². The molecule has 5 heteroatoms. The smallest absolute Gasteiger partial charge is 0.171 e. The molecule has 136 valence electrons. The first-order valence-electron chi connectivity index (χ1n) is 8.86. The van der Waals surface area contributed by atoms with Gasteiger partial charge in [0, 0.05) is 24.5 Å². The van der Waals surface area contributed by atoms with E-state index in [0.29, 0.717) is 11.7 Å². The predicted octanol–water partition coefficient (Wildman–Crippen LogP) is 3.91. The Kier molecular flexibility index (Phi) is 5.91. The van der Waals surface area contributed by atoms with E-state index in [2.05, 4.69) is 41.1 Å². The molecule has 1 aliphatic rings. The van der Waals surface area contributed by atoms with Crippen molar-refractivity contribution in [2.45, 2.75) is 26.0 Å². The molecule has 26 heavy (non-hydrogen) atoms. The molecule has 0 fully saturated rings. The molecule has 4 nitrogen and oxygen atoms in total. The van der Waals surface area contributed by atoms with Crippen LogP contribution in [0.4, 0.5) is 5.69 Å². The third-order valence-electron chi connectivity index (χ3n) is 4.28. The monoisotopic (exact) mass is 367 g/mol. The zero-order valence-corrected chi connectivity index (χ0v) is 16.0. The fourth-order valence-electron chi connectivity index (χ4n) is 2.91. The molecule has 0 aliphatic carbocycles. The van der Waals surface area contributed by atoms with Crippen molar-refractivity contribution in [3.05, 3.63) is 71.8 Å². The normalized spacial score (nSPS) is 18.8. The van der Waals surface area contributed by atoms with E-state index in [1.54, 1.807) is 0 Å². The molecule has 3 rings (SSSR count). The SMILES string of the molecule is CCOCc1ccc(NC(=S)NC2(C)C=C(c3ccccc3)NC2)cc1. The van der Waals surface area contributed by atoms with Gasteiger partial charge in [0.15, 0.2) is 5.11 Å². The highest BCUT2D eigenvalue weighted by atomic mass is 32.1. The summed E-state index contributed by atoms with van der Waals surface area (Å²) in [6.07, 6.45) is 2.20. The second-order valence-corrected chi connectivity index (χ2v) is 7.02. The maximum absolute atomic E-state index is 5.50. The summed E-state index contributed by atoms with van der Waals surface area (Å²) in [5.41, 5.74) is 4.19. The summed E-state index contributed by atoms with van der Waals surface area (Å²) >= 11 is 5.50. The van der Waals surface area contributed by atoms with Gasteiger partial charge in [0.2, 0.25) is 0 Å². The molecule has 1 atom stereocenters. The average molecular weight is 368 g/mol. The Morgan fingerprint density at radius 1 is 1.15 bits per heavy atom. The van der Waals surface area contributed by atoms with Gasteiger partial charge in [-0.2, -0.15) is 0 Å². The Morgan fingerprint density at radius 2 is 1.88 bits per heavy atom. The summed E-state index contributed by atoms with van der Waals surface area (Å²) in [7, 11) is 0. The van der Waals surface area contributed by atoms with Crippen molar-refractivity contribution in [1.82, 2.24) is 10.6 Å². The fourth-order valence-corrected chi connectivity index (χ4v) is 3.26. The first-order chi connectivity index (χ1) is 12.6. The van der Waals surface area contributed by atoms with E-state index >= 15 is 0 Å². The summed E-state index contributed by atoms with van der Waals surface area (Å²) in [4.78, 5) is 0. The average Bonchev–Trinajstić information content (AvgIpc) is 3.03. The van der Waals surface area contributed by atoms with E-state index < -0.39 is 0 Å². The van der Waals surface area contributed by atoms with Crippen molar-refractivity contribution in [2.75, 3.05) is 18.5 Å². The molecule has 1 aliphatic heterocycles. The molecule has 0 saturated heterocycles. The van der Waals surface area contributed by atoms with Crippen molar-refractivity contribution >= 4 is 28.7 Å². The van der Waals surface area contributed by atoms with Gasteiger partial charge in [-0.3, -0.25) is 0 Å². The molecule has 2 aromatic rings. The molecule has 0 radical (unpaired) electrons. The number of hydrogen-bond donors (Lipinski definition) is 3. The molecular weight excluding hydrogens is 342 g/mol. The van der Waals surface area contributed by atoms with E-state index in [9.17, 15) is 0 Å². The molecule has 0 bridgehead atoms. The van der Waals surface area contributed by atoms with Crippen molar-refractivity contribution in [2.24, 2.45) is 0 Å². The molecular formula is C21H25N3OS. The lowest BCUT2D eigenvalue weighted by Gasteiger charge is -2.25. The van der Waals surface area contributed by atoms with Gasteiger partial charge in [0.25, 0.3) is 0 Å². The van der Waals surface area contributed by atoms with Gasteiger partial charge in [-0.05, 0) is 55.4 Å². The van der Waals surface area contributed by atoms with E-state index in [1.165, 1.54) is 5.56 Å². The van der Waals surface area contributed by atoms with Crippen LogP contribution in [0, 0.1) is 0 Å². The molecule has 0 spiro atoms. The van der Waals surface area contributed by atoms with Gasteiger partial charge in [0.05, 0.1) is 12.1 Å². The quantitative estimate of drug-likeness (QED) is 0.676. The van der Waals surface area contributed by atoms with E-state index in [1.807, 2.05) is 49.4 Å². The van der Waals surface area contributed by atoms with Gasteiger partial charge < -0.3 is 20.7 Å². The molecule has 2 aromatic carbocycles. The number of thiocarbonyl (C=S) groups is 1. The Labute approximate surface area is 160 Å². The van der Waals surface area contributed by atoms with Crippen molar-refractivity contribution in [3.63, 3.8) is 0 Å². The summed E-state index contributed by atoms with van der Waals surface area (Å²) in [5, 5.41) is 10.7. The van der Waals surface area contributed by atoms with Crippen LogP contribution in [0.5, 0.6) is 0 Å². The lowest BCUT2D eigenvalue weighted by atomic mass is 10.0. The van der Waals surface area contributed by atoms with Gasteiger partial charge in [0.1, 0.15) is 0 Å². The Bertz CT molecular complexity index is 774. The van der Waals surface area contributed by atoms with Crippen LogP contribution in [0.25, 0.3) is 5.70 Å². The second kappa shape index (κ2) is 8.34. The summed E-state index contributed by atoms with van der Waals surface area (Å²) in [6.45, 7) is 6.27. The minimum Gasteiger partial charge on any atom is -0.382 e. The first-order valence-corrected chi connectivity index (χ1v) is 9.27. The maximum atomic E-state index is 5.50. The highest BCUT2D eigenvalue weighted by Gasteiger charge is 2.29. The molecule has 3 N–H and O–H groups in total. The third kappa shape index (κ3) is 4.84. The van der Waals surface area contributed by atoms with Gasteiger partial charge >= 0.3 is 0 Å². The van der Waals surface area contributed by atoms with Crippen molar-refractivity contribution in [3.8, 4) is 0 Å². The number of benzene rings is 2. The van der Waals surface area contributed by atoms with Crippen LogP contribution < -0.4 is 16.0 Å². The minimum absolute atomic E-state index is 0.232. The number of anilines is 1. The number of hydrogen-bond acceptors (Lipinski definition) is 3. The van der Waals surface area contributed by atoms with Gasteiger partial charge in [-0.15, -0.1) is 0 Å². The van der Waals surface area contributed by atoms with Crippen LogP contribution in [0.15, 0.2) is 60.7 Å². The highest BCUT2D eigenvalue weighted by Crippen LogP contribution is 2.22. The van der Waals surface area contributed by atoms with Crippen LogP contribution >= 0.6 is 12.2 Å². The lowest BCUT2D eigenvalue weighted by Crippen LogP contribution is -2.49. The summed E-state index contributed by atoms with van der Waals surface area (Å²) < 4.78 is 5.42. The van der Waals surface area contributed by atoms with Crippen LogP contribution in [0.3, 0.4) is 0 Å². The van der Waals surface area contributed by atoms with E-state index in [0.717, 1.165) is 30.1 Å². The molecule has 0 amide bonds. The maximum Gasteiger partial charge on any atom is 0.171 e. The largest absolute Gasteiger partial charge is 0.382 e. The van der Waals surface area contributed by atoms with Crippen LogP contribution in [0.2, 0.25) is 0 Å². The third-order valence-corrected chi connectivity index (χ3v) is 4.48. The molecule has 1 unspecified atom stereocenters. The molecule has 0 aromatic heterocycles. The second-order valence-electron chi connectivity index (χ2n) is 6.61. The van der Waals surface area contributed by atoms with Crippen molar-refractivity contribution in [1.29, 1.82) is 0 Å². The zero-order chi connectivity index (χ0) is 18.4. The van der Waals surface area contributed by atoms with E-state index in [4.69, 9.17) is 17.0 Å². The Hall–Kier alpha value is -2.37. The predicted molar refractivity (Wildman–Crippen MR) is 112 cm³/mol. The van der Waals surface area contributed by atoms with Gasteiger partial charge in [-0.25, -0.2) is 0 Å². The number of rotatable bonds is 6. The zero-order valence-electron chi connectivity index (χ0n) is 15.2. The van der Waals surface area contributed by atoms with Crippen LogP contribution in [-0.2, 0) is 11.3 Å². The molecule has 0 saturated carbocycles. The number of nitrogens with one attached hydrogen (secondary N) is 3. The summed E-state index contributed by atoms with van der Waals surface area (Å²) in [6, 6.07) is 18.4. The molecule has 1 heterocycles. The fraction of sp³-hybridized carbons (Fsp3) is 0.286.